The van der Waals surface area contributed by atoms with Crippen molar-refractivity contribution in [3.63, 3.8) is 0 Å². The van der Waals surface area contributed by atoms with E-state index >= 15 is 0 Å². The Morgan fingerprint density at radius 2 is 1.72 bits per heavy atom. The van der Waals surface area contributed by atoms with Crippen LogP contribution in [-0.2, 0) is 6.42 Å². The maximum absolute atomic E-state index is 3.64. The molecule has 1 nitrogen and oxygen atoms in total. The molecule has 0 aliphatic rings. The number of nitrogens with one attached hydrogen (secondary N) is 1. The van der Waals surface area contributed by atoms with E-state index in [4.69, 9.17) is 0 Å². The number of hydrogen-bond donors (Lipinski definition) is 1. The van der Waals surface area contributed by atoms with Gasteiger partial charge in [-0.25, -0.2) is 0 Å². The molecule has 1 rings (SSSR count). The van der Waals surface area contributed by atoms with E-state index in [2.05, 4.69) is 64.2 Å². The number of benzene rings is 1. The maximum atomic E-state index is 3.64. The quantitative estimate of drug-likeness (QED) is 0.788. The standard InChI is InChI=1S/C17H29N/c1-6-7-16(13-18-17(3,4)5)12-15-10-8-14(2)9-11-15/h8-11,16,18H,6-7,12-13H2,1-5H3. The van der Waals surface area contributed by atoms with Gasteiger partial charge in [0.25, 0.3) is 0 Å². The summed E-state index contributed by atoms with van der Waals surface area (Å²) in [5.74, 6) is 0.747. The molecule has 0 fully saturated rings. The summed E-state index contributed by atoms with van der Waals surface area (Å²) in [6.07, 6.45) is 3.76. The van der Waals surface area contributed by atoms with E-state index in [0.29, 0.717) is 0 Å². The largest absolute Gasteiger partial charge is 0.312 e. The van der Waals surface area contributed by atoms with E-state index in [1.165, 1.54) is 30.4 Å². The first-order valence-corrected chi connectivity index (χ1v) is 7.21. The molecule has 0 spiro atoms. The number of hydrogen-bond acceptors (Lipinski definition) is 1. The molecule has 0 saturated carbocycles. The fourth-order valence-corrected chi connectivity index (χ4v) is 2.19. The predicted octanol–water partition coefficient (Wildman–Crippen LogP) is 4.34. The minimum Gasteiger partial charge on any atom is -0.312 e. The Hall–Kier alpha value is -0.820. The van der Waals surface area contributed by atoms with E-state index in [1.807, 2.05) is 0 Å². The zero-order chi connectivity index (χ0) is 13.6. The highest BCUT2D eigenvalue weighted by Gasteiger charge is 2.14. The summed E-state index contributed by atoms with van der Waals surface area (Å²) in [6, 6.07) is 8.98. The zero-order valence-electron chi connectivity index (χ0n) is 12.7. The van der Waals surface area contributed by atoms with Gasteiger partial charge in [0.2, 0.25) is 0 Å². The van der Waals surface area contributed by atoms with Gasteiger partial charge in [-0.1, -0.05) is 43.2 Å². The minimum atomic E-state index is 0.221. The summed E-state index contributed by atoms with van der Waals surface area (Å²) in [5.41, 5.74) is 3.03. The van der Waals surface area contributed by atoms with Gasteiger partial charge in [0.05, 0.1) is 0 Å². The third-order valence-electron chi connectivity index (χ3n) is 3.26. The van der Waals surface area contributed by atoms with Gasteiger partial charge in [0.15, 0.2) is 0 Å². The third-order valence-corrected chi connectivity index (χ3v) is 3.26. The van der Waals surface area contributed by atoms with Gasteiger partial charge < -0.3 is 5.32 Å². The van der Waals surface area contributed by atoms with Crippen LogP contribution in [0.3, 0.4) is 0 Å². The lowest BCUT2D eigenvalue weighted by Gasteiger charge is -2.25. The van der Waals surface area contributed by atoms with Crippen LogP contribution in [0, 0.1) is 12.8 Å². The van der Waals surface area contributed by atoms with Gasteiger partial charge in [0, 0.05) is 5.54 Å². The molecule has 102 valence electrons. The van der Waals surface area contributed by atoms with Gasteiger partial charge in [-0.05, 0) is 58.6 Å². The molecule has 0 amide bonds. The van der Waals surface area contributed by atoms with Crippen molar-refractivity contribution in [2.24, 2.45) is 5.92 Å². The van der Waals surface area contributed by atoms with Crippen LogP contribution in [0.25, 0.3) is 0 Å². The summed E-state index contributed by atoms with van der Waals surface area (Å²) < 4.78 is 0. The van der Waals surface area contributed by atoms with Gasteiger partial charge >= 0.3 is 0 Å². The zero-order valence-corrected chi connectivity index (χ0v) is 12.7. The van der Waals surface area contributed by atoms with Crippen LogP contribution in [0.15, 0.2) is 24.3 Å². The van der Waals surface area contributed by atoms with Crippen molar-refractivity contribution in [2.45, 2.75) is 59.4 Å². The molecule has 0 aliphatic heterocycles. The van der Waals surface area contributed by atoms with Gasteiger partial charge in [-0.2, -0.15) is 0 Å². The highest BCUT2D eigenvalue weighted by Crippen LogP contribution is 2.15. The number of rotatable bonds is 6. The molecule has 0 saturated heterocycles. The SMILES string of the molecule is CCCC(CNC(C)(C)C)Cc1ccc(C)cc1. The lowest BCUT2D eigenvalue weighted by Crippen LogP contribution is -2.39. The Labute approximate surface area is 113 Å². The first-order chi connectivity index (χ1) is 8.40. The fraction of sp³-hybridized carbons (Fsp3) is 0.647. The molecule has 1 unspecified atom stereocenters. The van der Waals surface area contributed by atoms with E-state index in [9.17, 15) is 0 Å². The number of aryl methyl sites for hydroxylation is 1. The van der Waals surface area contributed by atoms with Crippen molar-refractivity contribution < 1.29 is 0 Å². The van der Waals surface area contributed by atoms with Crippen molar-refractivity contribution in [3.05, 3.63) is 35.4 Å². The van der Waals surface area contributed by atoms with Crippen LogP contribution in [0.5, 0.6) is 0 Å². The highest BCUT2D eigenvalue weighted by molar-refractivity contribution is 5.21. The molecule has 0 bridgehead atoms. The summed E-state index contributed by atoms with van der Waals surface area (Å²) >= 11 is 0. The smallest absolute Gasteiger partial charge is 0.00966 e. The lowest BCUT2D eigenvalue weighted by atomic mass is 9.93. The van der Waals surface area contributed by atoms with Gasteiger partial charge in [0.1, 0.15) is 0 Å². The molecular formula is C17H29N. The van der Waals surface area contributed by atoms with Crippen LogP contribution in [0.4, 0.5) is 0 Å². The molecule has 1 aromatic rings. The van der Waals surface area contributed by atoms with Crippen molar-refractivity contribution in [1.82, 2.24) is 5.32 Å². The first kappa shape index (κ1) is 15.2. The van der Waals surface area contributed by atoms with Crippen LogP contribution in [0.2, 0.25) is 0 Å². The molecule has 18 heavy (non-hydrogen) atoms. The second-order valence-corrected chi connectivity index (χ2v) is 6.48. The Morgan fingerprint density at radius 1 is 1.11 bits per heavy atom. The monoisotopic (exact) mass is 247 g/mol. The molecule has 1 heteroatoms. The summed E-state index contributed by atoms with van der Waals surface area (Å²) in [4.78, 5) is 0. The first-order valence-electron chi connectivity index (χ1n) is 7.21. The lowest BCUT2D eigenvalue weighted by molar-refractivity contribution is 0.355. The topological polar surface area (TPSA) is 12.0 Å². The molecule has 1 aromatic carbocycles. The molecule has 1 N–H and O–H groups in total. The van der Waals surface area contributed by atoms with Gasteiger partial charge in [-0.15, -0.1) is 0 Å². The van der Waals surface area contributed by atoms with Crippen molar-refractivity contribution >= 4 is 0 Å². The van der Waals surface area contributed by atoms with Crippen molar-refractivity contribution in [1.29, 1.82) is 0 Å². The third kappa shape index (κ3) is 6.20. The van der Waals surface area contributed by atoms with Crippen LogP contribution < -0.4 is 5.32 Å². The normalized spacial score (nSPS) is 13.6. The molecule has 0 aromatic heterocycles. The van der Waals surface area contributed by atoms with E-state index in [0.717, 1.165) is 12.5 Å². The van der Waals surface area contributed by atoms with E-state index < -0.39 is 0 Å². The average molecular weight is 247 g/mol. The molecular weight excluding hydrogens is 218 g/mol. The van der Waals surface area contributed by atoms with Crippen molar-refractivity contribution in [2.75, 3.05) is 6.54 Å². The maximum Gasteiger partial charge on any atom is 0.00966 e. The van der Waals surface area contributed by atoms with Gasteiger partial charge in [-0.3, -0.25) is 0 Å². The molecule has 1 atom stereocenters. The average Bonchev–Trinajstić information content (AvgIpc) is 2.28. The Morgan fingerprint density at radius 3 is 2.22 bits per heavy atom. The van der Waals surface area contributed by atoms with E-state index in [1.54, 1.807) is 0 Å². The second kappa shape index (κ2) is 6.94. The van der Waals surface area contributed by atoms with Crippen LogP contribution in [-0.4, -0.2) is 12.1 Å². The van der Waals surface area contributed by atoms with Crippen LogP contribution in [0.1, 0.15) is 51.7 Å². The predicted molar refractivity (Wildman–Crippen MR) is 81.0 cm³/mol. The van der Waals surface area contributed by atoms with Crippen LogP contribution >= 0.6 is 0 Å². The molecule has 0 radical (unpaired) electrons. The molecule has 0 heterocycles. The fourth-order valence-electron chi connectivity index (χ4n) is 2.19. The second-order valence-electron chi connectivity index (χ2n) is 6.48. The van der Waals surface area contributed by atoms with Crippen molar-refractivity contribution in [3.8, 4) is 0 Å². The summed E-state index contributed by atoms with van der Waals surface area (Å²) in [6.45, 7) is 12.3. The molecule has 0 aliphatic carbocycles. The minimum absolute atomic E-state index is 0.221. The Balaban J connectivity index is 2.54. The Kier molecular flexibility index (Phi) is 5.87. The highest BCUT2D eigenvalue weighted by atomic mass is 14.9. The van der Waals surface area contributed by atoms with E-state index in [-0.39, 0.29) is 5.54 Å². The summed E-state index contributed by atoms with van der Waals surface area (Å²) in [5, 5.41) is 3.64. The summed E-state index contributed by atoms with van der Waals surface area (Å²) in [7, 11) is 0. The Bertz CT molecular complexity index is 332.